The van der Waals surface area contributed by atoms with Crippen LogP contribution in [0.25, 0.3) is 0 Å². The molecule has 5 nitrogen and oxygen atoms in total. The summed E-state index contributed by atoms with van der Waals surface area (Å²) < 4.78 is 11.1. The van der Waals surface area contributed by atoms with Crippen molar-refractivity contribution in [1.82, 2.24) is 10.6 Å². The lowest BCUT2D eigenvalue weighted by Gasteiger charge is -2.27. The summed E-state index contributed by atoms with van der Waals surface area (Å²) >= 11 is 0. The van der Waals surface area contributed by atoms with E-state index in [0.717, 1.165) is 43.4 Å². The molecule has 1 aromatic carbocycles. The summed E-state index contributed by atoms with van der Waals surface area (Å²) in [5, 5.41) is 6.37. The summed E-state index contributed by atoms with van der Waals surface area (Å²) in [6.07, 6.45) is 5.27. The smallest absolute Gasteiger partial charge is 0.237 e. The summed E-state index contributed by atoms with van der Waals surface area (Å²) in [6.45, 7) is 5.45. The van der Waals surface area contributed by atoms with Crippen molar-refractivity contribution in [3.63, 3.8) is 0 Å². The molecule has 0 bridgehead atoms. The van der Waals surface area contributed by atoms with Crippen LogP contribution in [0, 0.1) is 0 Å². The fourth-order valence-corrected chi connectivity index (χ4v) is 2.93. The number of unbranched alkanes of at least 4 members (excludes halogenated alkanes) is 1. The molecule has 2 N–H and O–H groups in total. The predicted molar refractivity (Wildman–Crippen MR) is 95.5 cm³/mol. The predicted octanol–water partition coefficient (Wildman–Crippen LogP) is 3.02. The molecule has 1 aliphatic heterocycles. The first-order chi connectivity index (χ1) is 11.6. The molecular weight excluding hydrogens is 304 g/mol. The zero-order valence-electron chi connectivity index (χ0n) is 15.1. The van der Waals surface area contributed by atoms with Gasteiger partial charge in [0, 0.05) is 12.6 Å². The number of carbonyl (C=O) groups is 1. The topological polar surface area (TPSA) is 59.6 Å². The number of piperidine rings is 1. The largest absolute Gasteiger partial charge is 0.493 e. The SMILES string of the molecule is CCCCOc1ccc(CNC(=O)C2CCCC(C)N2)cc1OC. The van der Waals surface area contributed by atoms with Gasteiger partial charge in [-0.05, 0) is 50.3 Å². The summed E-state index contributed by atoms with van der Waals surface area (Å²) in [6, 6.07) is 6.15. The van der Waals surface area contributed by atoms with E-state index in [1.54, 1.807) is 7.11 Å². The highest BCUT2D eigenvalue weighted by Crippen LogP contribution is 2.28. The molecule has 1 aliphatic rings. The molecule has 0 radical (unpaired) electrons. The third-order valence-corrected chi connectivity index (χ3v) is 4.38. The highest BCUT2D eigenvalue weighted by atomic mass is 16.5. The lowest BCUT2D eigenvalue weighted by molar-refractivity contribution is -0.124. The van der Waals surface area contributed by atoms with Crippen molar-refractivity contribution in [1.29, 1.82) is 0 Å². The van der Waals surface area contributed by atoms with Crippen molar-refractivity contribution >= 4 is 5.91 Å². The maximum Gasteiger partial charge on any atom is 0.237 e. The molecule has 1 aromatic rings. The first kappa shape index (κ1) is 18.6. The zero-order chi connectivity index (χ0) is 17.4. The molecule has 2 unspecified atom stereocenters. The minimum absolute atomic E-state index is 0.0730. The third-order valence-electron chi connectivity index (χ3n) is 4.38. The molecule has 1 heterocycles. The minimum Gasteiger partial charge on any atom is -0.493 e. The molecule has 2 atom stereocenters. The quantitative estimate of drug-likeness (QED) is 0.718. The lowest BCUT2D eigenvalue weighted by Crippen LogP contribution is -2.49. The van der Waals surface area contributed by atoms with Gasteiger partial charge in [0.1, 0.15) is 0 Å². The van der Waals surface area contributed by atoms with Crippen LogP contribution in [0.15, 0.2) is 18.2 Å². The number of ether oxygens (including phenoxy) is 2. The maximum absolute atomic E-state index is 12.3. The van der Waals surface area contributed by atoms with Gasteiger partial charge in [0.15, 0.2) is 11.5 Å². The molecule has 0 saturated carbocycles. The molecule has 134 valence electrons. The van der Waals surface area contributed by atoms with E-state index in [-0.39, 0.29) is 11.9 Å². The number of carbonyl (C=O) groups excluding carboxylic acids is 1. The Balaban J connectivity index is 1.88. The fraction of sp³-hybridized carbons (Fsp3) is 0.632. The van der Waals surface area contributed by atoms with Crippen LogP contribution in [0.5, 0.6) is 11.5 Å². The van der Waals surface area contributed by atoms with Crippen LogP contribution in [-0.4, -0.2) is 31.7 Å². The second-order valence-electron chi connectivity index (χ2n) is 6.46. The Hall–Kier alpha value is -1.75. The van der Waals surface area contributed by atoms with Gasteiger partial charge in [-0.2, -0.15) is 0 Å². The molecular formula is C19H30N2O3. The van der Waals surface area contributed by atoms with Gasteiger partial charge >= 0.3 is 0 Å². The molecule has 0 aliphatic carbocycles. The van der Waals surface area contributed by atoms with E-state index in [1.807, 2.05) is 18.2 Å². The number of nitrogens with one attached hydrogen (secondary N) is 2. The number of hydrogen-bond acceptors (Lipinski definition) is 4. The zero-order valence-corrected chi connectivity index (χ0v) is 15.1. The van der Waals surface area contributed by atoms with Gasteiger partial charge in [-0.25, -0.2) is 0 Å². The van der Waals surface area contributed by atoms with Gasteiger partial charge < -0.3 is 20.1 Å². The molecule has 0 aromatic heterocycles. The molecule has 1 amide bonds. The summed E-state index contributed by atoms with van der Waals surface area (Å²) in [4.78, 5) is 12.3. The Morgan fingerprint density at radius 2 is 2.17 bits per heavy atom. The number of rotatable bonds is 8. The standard InChI is InChI=1S/C19H30N2O3/c1-4-5-11-24-17-10-9-15(12-18(17)23-3)13-20-19(22)16-8-6-7-14(2)21-16/h9-10,12,14,16,21H,4-8,11,13H2,1-3H3,(H,20,22). The molecule has 5 heteroatoms. The Labute approximate surface area is 145 Å². The van der Waals surface area contributed by atoms with Gasteiger partial charge in [0.2, 0.25) is 5.91 Å². The summed E-state index contributed by atoms with van der Waals surface area (Å²) in [5.74, 6) is 1.54. The number of amides is 1. The van der Waals surface area contributed by atoms with Crippen LogP contribution in [0.4, 0.5) is 0 Å². The van der Waals surface area contributed by atoms with E-state index >= 15 is 0 Å². The van der Waals surface area contributed by atoms with Gasteiger partial charge in [0.05, 0.1) is 19.8 Å². The van der Waals surface area contributed by atoms with Crippen molar-refractivity contribution in [3.05, 3.63) is 23.8 Å². The van der Waals surface area contributed by atoms with Crippen LogP contribution in [0.2, 0.25) is 0 Å². The first-order valence-electron chi connectivity index (χ1n) is 8.97. The molecule has 1 saturated heterocycles. The number of benzene rings is 1. The second-order valence-corrected chi connectivity index (χ2v) is 6.46. The van der Waals surface area contributed by atoms with Crippen LogP contribution in [0.3, 0.4) is 0 Å². The average molecular weight is 334 g/mol. The molecule has 24 heavy (non-hydrogen) atoms. The minimum atomic E-state index is -0.0766. The monoisotopic (exact) mass is 334 g/mol. The van der Waals surface area contributed by atoms with E-state index in [4.69, 9.17) is 9.47 Å². The number of hydrogen-bond donors (Lipinski definition) is 2. The molecule has 1 fully saturated rings. The summed E-state index contributed by atoms with van der Waals surface area (Å²) in [5.41, 5.74) is 1.01. The van der Waals surface area contributed by atoms with Crippen LogP contribution >= 0.6 is 0 Å². The van der Waals surface area contributed by atoms with E-state index in [1.165, 1.54) is 0 Å². The molecule has 2 rings (SSSR count). The fourth-order valence-electron chi connectivity index (χ4n) is 2.93. The number of methoxy groups -OCH3 is 1. The highest BCUT2D eigenvalue weighted by Gasteiger charge is 2.23. The maximum atomic E-state index is 12.3. The van der Waals surface area contributed by atoms with Crippen molar-refractivity contribution in [2.75, 3.05) is 13.7 Å². The third kappa shape index (κ3) is 5.41. The Morgan fingerprint density at radius 1 is 1.33 bits per heavy atom. The van der Waals surface area contributed by atoms with E-state index in [0.29, 0.717) is 24.9 Å². The highest BCUT2D eigenvalue weighted by molar-refractivity contribution is 5.81. The van der Waals surface area contributed by atoms with Crippen LogP contribution in [-0.2, 0) is 11.3 Å². The van der Waals surface area contributed by atoms with E-state index in [2.05, 4.69) is 24.5 Å². The normalized spacial score (nSPS) is 20.5. The van der Waals surface area contributed by atoms with Gasteiger partial charge in [0.25, 0.3) is 0 Å². The van der Waals surface area contributed by atoms with Crippen molar-refractivity contribution in [2.24, 2.45) is 0 Å². The Kier molecular flexibility index (Phi) is 7.37. The second kappa shape index (κ2) is 9.52. The average Bonchev–Trinajstić information content (AvgIpc) is 2.60. The molecule has 0 spiro atoms. The Bertz CT molecular complexity index is 533. The first-order valence-corrected chi connectivity index (χ1v) is 8.97. The van der Waals surface area contributed by atoms with Crippen LogP contribution < -0.4 is 20.1 Å². The van der Waals surface area contributed by atoms with Crippen molar-refractivity contribution in [2.45, 2.75) is 64.6 Å². The van der Waals surface area contributed by atoms with Gasteiger partial charge in [-0.1, -0.05) is 19.4 Å². The Morgan fingerprint density at radius 3 is 2.88 bits per heavy atom. The van der Waals surface area contributed by atoms with Crippen molar-refractivity contribution in [3.8, 4) is 11.5 Å². The van der Waals surface area contributed by atoms with Crippen LogP contribution in [0.1, 0.15) is 51.5 Å². The van der Waals surface area contributed by atoms with Crippen molar-refractivity contribution < 1.29 is 14.3 Å². The van der Waals surface area contributed by atoms with E-state index < -0.39 is 0 Å². The van der Waals surface area contributed by atoms with Gasteiger partial charge in [-0.15, -0.1) is 0 Å². The van der Waals surface area contributed by atoms with E-state index in [9.17, 15) is 4.79 Å². The lowest BCUT2D eigenvalue weighted by atomic mass is 9.99. The summed E-state index contributed by atoms with van der Waals surface area (Å²) in [7, 11) is 1.64. The van der Waals surface area contributed by atoms with Gasteiger partial charge in [-0.3, -0.25) is 4.79 Å².